The van der Waals surface area contributed by atoms with E-state index in [1.807, 2.05) is 0 Å². The molecule has 0 atom stereocenters. The van der Waals surface area contributed by atoms with Crippen LogP contribution in [0.3, 0.4) is 0 Å². The summed E-state index contributed by atoms with van der Waals surface area (Å²) >= 11 is 7.13. The van der Waals surface area contributed by atoms with Gasteiger partial charge in [-0.05, 0) is 36.4 Å². The molecule has 1 saturated heterocycles. The van der Waals surface area contributed by atoms with Gasteiger partial charge in [0.25, 0.3) is 5.91 Å². The third-order valence-corrected chi connectivity index (χ3v) is 5.92. The van der Waals surface area contributed by atoms with E-state index in [2.05, 4.69) is 10.2 Å². The molecule has 9 nitrogen and oxygen atoms in total. The summed E-state index contributed by atoms with van der Waals surface area (Å²) in [6, 6.07) is 10.4. The van der Waals surface area contributed by atoms with E-state index >= 15 is 0 Å². The fourth-order valence-corrected chi connectivity index (χ4v) is 3.99. The second-order valence-corrected chi connectivity index (χ2v) is 8.00. The van der Waals surface area contributed by atoms with Gasteiger partial charge >= 0.3 is 0 Å². The van der Waals surface area contributed by atoms with Crippen molar-refractivity contribution in [3.63, 3.8) is 0 Å². The van der Waals surface area contributed by atoms with Crippen LogP contribution in [0.15, 0.2) is 52.2 Å². The molecule has 30 heavy (non-hydrogen) atoms. The largest absolute Gasteiger partial charge is 0.459 e. The first-order valence-corrected chi connectivity index (χ1v) is 10.6. The van der Waals surface area contributed by atoms with Crippen LogP contribution in [0.4, 0.5) is 0 Å². The third kappa shape index (κ3) is 4.29. The second-order valence-electron chi connectivity index (χ2n) is 6.62. The number of aromatic nitrogens is 3. The number of carbonyl (C=O) groups is 2. The average molecular weight is 447 g/mol. The zero-order valence-electron chi connectivity index (χ0n) is 15.9. The van der Waals surface area contributed by atoms with E-state index in [0.29, 0.717) is 47.9 Å². The Morgan fingerprint density at radius 2 is 1.77 bits per heavy atom. The van der Waals surface area contributed by atoms with Gasteiger partial charge in [0.05, 0.1) is 12.0 Å². The Morgan fingerprint density at radius 3 is 2.43 bits per heavy atom. The van der Waals surface area contributed by atoms with Gasteiger partial charge in [0.2, 0.25) is 11.1 Å². The maximum Gasteiger partial charge on any atom is 0.289 e. The molecule has 3 heterocycles. The molecule has 1 fully saturated rings. The maximum absolute atomic E-state index is 12.6. The fraction of sp³-hybridized carbons (Fsp3) is 0.263. The summed E-state index contributed by atoms with van der Waals surface area (Å²) in [6.07, 6.45) is 1.47. The van der Waals surface area contributed by atoms with Gasteiger partial charge in [-0.2, -0.15) is 0 Å². The molecule has 0 aliphatic carbocycles. The molecule has 2 amide bonds. The van der Waals surface area contributed by atoms with E-state index in [0.717, 1.165) is 5.56 Å². The molecular weight excluding hydrogens is 428 g/mol. The lowest BCUT2D eigenvalue weighted by atomic mass is 10.2. The van der Waals surface area contributed by atoms with E-state index in [-0.39, 0.29) is 17.6 Å². The third-order valence-electron chi connectivity index (χ3n) is 4.74. The summed E-state index contributed by atoms with van der Waals surface area (Å²) in [7, 11) is 0. The molecule has 156 valence electrons. The van der Waals surface area contributed by atoms with Crippen LogP contribution in [-0.4, -0.2) is 68.4 Å². The maximum atomic E-state index is 12.6. The Balaban J connectivity index is 1.30. The number of hydrogen-bond acceptors (Lipinski definition) is 7. The summed E-state index contributed by atoms with van der Waals surface area (Å²) in [5.41, 5.74) is 0.782. The first kappa shape index (κ1) is 20.3. The lowest BCUT2D eigenvalue weighted by Crippen LogP contribution is -2.51. The van der Waals surface area contributed by atoms with Crippen molar-refractivity contribution in [2.75, 3.05) is 37.8 Å². The molecule has 0 bridgehead atoms. The number of furan rings is 1. The highest BCUT2D eigenvalue weighted by atomic mass is 35.5. The molecule has 1 aromatic carbocycles. The Labute approximate surface area is 181 Å². The molecule has 0 spiro atoms. The van der Waals surface area contributed by atoms with Crippen LogP contribution in [0.25, 0.3) is 11.4 Å². The zero-order valence-corrected chi connectivity index (χ0v) is 17.5. The molecule has 1 aliphatic heterocycles. The van der Waals surface area contributed by atoms with E-state index in [1.54, 1.807) is 46.2 Å². The number of halogens is 1. The molecule has 2 N–H and O–H groups in total. The van der Waals surface area contributed by atoms with Gasteiger partial charge in [0.15, 0.2) is 11.6 Å². The van der Waals surface area contributed by atoms with Gasteiger partial charge in [-0.1, -0.05) is 23.4 Å². The normalized spacial score (nSPS) is 14.2. The predicted octanol–water partition coefficient (Wildman–Crippen LogP) is 1.98. The summed E-state index contributed by atoms with van der Waals surface area (Å²) in [6.45, 7) is 1.86. The minimum atomic E-state index is -0.160. The highest BCUT2D eigenvalue weighted by molar-refractivity contribution is 7.99. The van der Waals surface area contributed by atoms with Crippen molar-refractivity contribution < 1.29 is 14.0 Å². The highest BCUT2D eigenvalue weighted by Crippen LogP contribution is 2.23. The van der Waals surface area contributed by atoms with E-state index < -0.39 is 0 Å². The topological polar surface area (TPSA) is 110 Å². The van der Waals surface area contributed by atoms with Crippen LogP contribution in [0.2, 0.25) is 5.02 Å². The van der Waals surface area contributed by atoms with Crippen molar-refractivity contribution in [2.45, 2.75) is 5.16 Å². The number of nitrogens with two attached hydrogens (primary N) is 1. The Hall–Kier alpha value is -2.98. The number of amides is 2. The van der Waals surface area contributed by atoms with Crippen LogP contribution in [0.5, 0.6) is 0 Å². The predicted molar refractivity (Wildman–Crippen MR) is 113 cm³/mol. The molecule has 1 aliphatic rings. The van der Waals surface area contributed by atoms with Crippen LogP contribution < -0.4 is 5.84 Å². The number of piperazine rings is 1. The van der Waals surface area contributed by atoms with Crippen LogP contribution in [-0.2, 0) is 4.79 Å². The lowest BCUT2D eigenvalue weighted by molar-refractivity contribution is -0.129. The minimum absolute atomic E-state index is 0.0406. The SMILES string of the molecule is Nn1c(SCC(=O)N2CCN(C(=O)c3ccco3)CC2)nnc1-c1ccc(Cl)cc1. The van der Waals surface area contributed by atoms with Gasteiger partial charge in [-0.25, -0.2) is 4.68 Å². The number of benzene rings is 1. The number of nitrogen functional groups attached to an aromatic ring is 1. The van der Waals surface area contributed by atoms with Gasteiger partial charge in [0, 0.05) is 36.8 Å². The van der Waals surface area contributed by atoms with Gasteiger partial charge in [-0.15, -0.1) is 10.2 Å². The summed E-state index contributed by atoms with van der Waals surface area (Å²) in [5, 5.41) is 9.25. The number of carbonyl (C=O) groups excluding carboxylic acids is 2. The standard InChI is InChI=1S/C19H19ClN6O3S/c20-14-5-3-13(4-6-14)17-22-23-19(26(17)21)30-12-16(27)24-7-9-25(10-8-24)18(28)15-2-1-11-29-15/h1-6,11H,7-10,12,21H2. The van der Waals surface area contributed by atoms with Crippen molar-refractivity contribution >= 4 is 35.2 Å². The molecule has 0 unspecified atom stereocenters. The Kier molecular flexibility index (Phi) is 5.96. The lowest BCUT2D eigenvalue weighted by Gasteiger charge is -2.34. The molecule has 11 heteroatoms. The second kappa shape index (κ2) is 8.80. The van der Waals surface area contributed by atoms with Crippen LogP contribution in [0.1, 0.15) is 10.6 Å². The smallest absolute Gasteiger partial charge is 0.289 e. The molecule has 0 radical (unpaired) electrons. The Morgan fingerprint density at radius 1 is 1.07 bits per heavy atom. The highest BCUT2D eigenvalue weighted by Gasteiger charge is 2.26. The number of nitrogens with zero attached hydrogens (tertiary/aromatic N) is 5. The van der Waals surface area contributed by atoms with E-state index in [4.69, 9.17) is 21.9 Å². The average Bonchev–Trinajstić information content (AvgIpc) is 3.43. The molecule has 0 saturated carbocycles. The van der Waals surface area contributed by atoms with Crippen LogP contribution in [0, 0.1) is 0 Å². The fourth-order valence-electron chi connectivity index (χ4n) is 3.10. The number of hydrogen-bond donors (Lipinski definition) is 1. The van der Waals surface area contributed by atoms with Crippen molar-refractivity contribution in [3.05, 3.63) is 53.4 Å². The first-order valence-electron chi connectivity index (χ1n) is 9.22. The van der Waals surface area contributed by atoms with Crippen LogP contribution >= 0.6 is 23.4 Å². The molecule has 4 rings (SSSR count). The monoisotopic (exact) mass is 446 g/mol. The molecule has 2 aromatic heterocycles. The number of rotatable bonds is 5. The summed E-state index contributed by atoms with van der Waals surface area (Å²) < 4.78 is 6.51. The van der Waals surface area contributed by atoms with Crippen molar-refractivity contribution in [3.8, 4) is 11.4 Å². The first-order chi connectivity index (χ1) is 14.5. The van der Waals surface area contributed by atoms with Crippen molar-refractivity contribution in [1.82, 2.24) is 24.7 Å². The minimum Gasteiger partial charge on any atom is -0.459 e. The number of thioether (sulfide) groups is 1. The molecule has 3 aromatic rings. The molecular formula is C19H19ClN6O3S. The summed E-state index contributed by atoms with van der Waals surface area (Å²) in [5.74, 6) is 6.88. The summed E-state index contributed by atoms with van der Waals surface area (Å²) in [4.78, 5) is 28.3. The van der Waals surface area contributed by atoms with Crippen molar-refractivity contribution in [2.24, 2.45) is 0 Å². The van der Waals surface area contributed by atoms with Gasteiger partial charge in [-0.3, -0.25) is 9.59 Å². The van der Waals surface area contributed by atoms with E-state index in [9.17, 15) is 9.59 Å². The Bertz CT molecular complexity index is 1030. The van der Waals surface area contributed by atoms with Gasteiger partial charge < -0.3 is 20.1 Å². The van der Waals surface area contributed by atoms with E-state index in [1.165, 1.54) is 22.7 Å². The zero-order chi connectivity index (χ0) is 21.1. The quantitative estimate of drug-likeness (QED) is 0.471. The van der Waals surface area contributed by atoms with Gasteiger partial charge in [0.1, 0.15) is 0 Å². The van der Waals surface area contributed by atoms with Crippen molar-refractivity contribution in [1.29, 1.82) is 0 Å².